The van der Waals surface area contributed by atoms with Gasteiger partial charge in [0.2, 0.25) is 0 Å². The Morgan fingerprint density at radius 2 is 1.33 bits per heavy atom. The molecule has 4 nitrogen and oxygen atoms in total. The molecule has 0 rings (SSSR count). The van der Waals surface area contributed by atoms with Crippen LogP contribution in [0.1, 0.15) is 0 Å². The summed E-state index contributed by atoms with van der Waals surface area (Å²) in [4.78, 5) is 14.3. The summed E-state index contributed by atoms with van der Waals surface area (Å²) in [5, 5.41) is 0. The van der Waals surface area contributed by atoms with E-state index >= 15 is 0 Å². The van der Waals surface area contributed by atoms with E-state index in [0.717, 1.165) is 0 Å². The van der Waals surface area contributed by atoms with E-state index in [1.807, 2.05) is 0 Å². The number of rotatable bonds is 0. The predicted molar refractivity (Wildman–Crippen MR) is 27.0 cm³/mol. The Hall–Kier alpha value is 0.876. The molecule has 38 valence electrons. The zero-order valence-electron chi connectivity index (χ0n) is 2.51. The fraction of sp³-hybridized carbons (Fsp3) is 0. The molecule has 0 aliphatic rings. The number of hydrogen-bond acceptors (Lipinski definition) is 2. The van der Waals surface area contributed by atoms with E-state index in [2.05, 4.69) is 0 Å². The van der Waals surface area contributed by atoms with Crippen LogP contribution in [0.15, 0.2) is 0 Å². The first-order valence-electron chi connectivity index (χ1n) is 0.651. The molecule has 0 amide bonds. The van der Waals surface area contributed by atoms with Crippen LogP contribution in [0.3, 0.4) is 0 Å². The van der Waals surface area contributed by atoms with Crippen molar-refractivity contribution in [3.8, 4) is 0 Å². The van der Waals surface area contributed by atoms with Gasteiger partial charge < -0.3 is 15.9 Å². The maximum absolute atomic E-state index is 8.74. The number of hydrogen-bond donors (Lipinski definition) is 3. The summed E-state index contributed by atoms with van der Waals surface area (Å²) in [6, 6.07) is 0. The van der Waals surface area contributed by atoms with Crippen LogP contribution in [0.2, 0.25) is 0 Å². The minimum absolute atomic E-state index is 0. The minimum atomic E-state index is -3.13. The molecule has 0 saturated carbocycles. The average molecular weight is 125 g/mol. The molecule has 0 fully saturated rings. The largest absolute Gasteiger partial charge is 0.344 e. The normalized spacial score (nSPS) is 5.83. The molecule has 0 spiro atoms. The summed E-state index contributed by atoms with van der Waals surface area (Å²) >= 11 is 0. The van der Waals surface area contributed by atoms with Gasteiger partial charge in [-0.15, -0.1) is 0 Å². The fourth-order valence-corrected chi connectivity index (χ4v) is 0. The van der Waals surface area contributed by atoms with Crippen LogP contribution in [0.25, 0.3) is 0 Å². The van der Waals surface area contributed by atoms with Crippen molar-refractivity contribution in [2.24, 2.45) is 0 Å². The second-order valence-corrected chi connectivity index (χ2v) is 0.848. The summed E-state index contributed by atoms with van der Waals surface area (Å²) in [6.07, 6.45) is 0. The Balaban J connectivity index is -0.0000000450. The average Bonchev–Trinajstić information content (AvgIpc) is 0.811. The Bertz CT molecular complexity index is 33.8. The van der Waals surface area contributed by atoms with Gasteiger partial charge in [0.1, 0.15) is 0 Å². The first-order valence-corrected chi connectivity index (χ1v) is 1.95. The predicted octanol–water partition coefficient (Wildman–Crippen LogP) is -1.39. The lowest BCUT2D eigenvalue weighted by Gasteiger charge is -1.61. The molecule has 0 heterocycles. The van der Waals surface area contributed by atoms with Crippen LogP contribution >= 0.6 is 8.25 Å². The molecule has 6 heteroatoms. The van der Waals surface area contributed by atoms with Gasteiger partial charge in [-0.1, -0.05) is 0 Å². The third-order valence-corrected chi connectivity index (χ3v) is 0. The summed E-state index contributed by atoms with van der Waals surface area (Å²) in [7, 11) is -3.13. The maximum Gasteiger partial charge on any atom is 0.316 e. The highest BCUT2D eigenvalue weighted by molar-refractivity contribution is 7.30. The molecule has 0 aliphatic heterocycles. The van der Waals surface area contributed by atoms with Crippen molar-refractivity contribution >= 4 is 31.3 Å². The molecular weight excluding hydrogens is 117 g/mol. The third kappa shape index (κ3) is 95.4. The van der Waals surface area contributed by atoms with Crippen molar-refractivity contribution in [2.45, 2.75) is 0 Å². The maximum atomic E-state index is 8.74. The van der Waals surface area contributed by atoms with Gasteiger partial charge in [0.15, 0.2) is 0 Å². The zero-order chi connectivity index (χ0) is 3.58. The monoisotopic (exact) mass is 125 g/mol. The Morgan fingerprint density at radius 1 is 1.33 bits per heavy atom. The van der Waals surface area contributed by atoms with Crippen molar-refractivity contribution in [1.29, 1.82) is 0 Å². The van der Waals surface area contributed by atoms with E-state index in [-0.39, 0.29) is 29.2 Å². The van der Waals surface area contributed by atoms with Crippen LogP contribution in [0.4, 0.5) is 0 Å². The summed E-state index contributed by atoms with van der Waals surface area (Å²) in [5.74, 6) is 0. The molecule has 0 unspecified atom stereocenters. The van der Waals surface area contributed by atoms with Crippen molar-refractivity contribution in [3.05, 3.63) is 0 Å². The molecule has 0 saturated heterocycles. The van der Waals surface area contributed by atoms with E-state index in [0.29, 0.717) is 0 Å². The Labute approximate surface area is 52.2 Å². The Morgan fingerprint density at radius 3 is 1.33 bits per heavy atom. The molecule has 0 bridgehead atoms. The van der Waals surface area contributed by atoms with Gasteiger partial charge in [0.25, 0.3) is 0 Å². The Kier molecular flexibility index (Phi) is 24.5. The lowest BCUT2D eigenvalue weighted by molar-refractivity contribution is 0.405. The highest BCUT2D eigenvalue weighted by atomic mass is 31.1. The second kappa shape index (κ2) is 9.30. The van der Waals surface area contributed by atoms with E-state index in [4.69, 9.17) is 14.4 Å². The van der Waals surface area contributed by atoms with Gasteiger partial charge in [-0.2, -0.15) is 0 Å². The molecule has 0 atom stereocenters. The van der Waals surface area contributed by atoms with Crippen LogP contribution in [0.5, 0.6) is 0 Å². The molecule has 6 heavy (non-hydrogen) atoms. The molecule has 0 radical (unpaired) electrons. The van der Waals surface area contributed by atoms with Gasteiger partial charge in [-0.3, -0.25) is 4.57 Å². The van der Waals surface area contributed by atoms with Crippen LogP contribution in [-0.4, -0.2) is 32.8 Å². The van der Waals surface area contributed by atoms with E-state index in [1.54, 1.807) is 0 Å². The SMILES string of the molecule is N.O=[PH](O)O.[MgH2]. The van der Waals surface area contributed by atoms with Crippen LogP contribution in [0, 0.1) is 0 Å². The van der Waals surface area contributed by atoms with E-state index in [1.165, 1.54) is 0 Å². The topological polar surface area (TPSA) is 92.5 Å². The first-order chi connectivity index (χ1) is 1.73. The fourth-order valence-electron chi connectivity index (χ4n) is 0. The minimum Gasteiger partial charge on any atom is -0.344 e. The van der Waals surface area contributed by atoms with Crippen LogP contribution in [-0.2, 0) is 4.57 Å². The molecule has 0 aliphatic carbocycles. The van der Waals surface area contributed by atoms with E-state index < -0.39 is 8.25 Å². The van der Waals surface area contributed by atoms with Gasteiger partial charge >= 0.3 is 31.3 Å². The quantitative estimate of drug-likeness (QED) is 0.274. The molecular formula is H8MgNO3P. The third-order valence-electron chi connectivity index (χ3n) is 0. The highest BCUT2D eigenvalue weighted by Crippen LogP contribution is 1.98. The lowest BCUT2D eigenvalue weighted by Crippen LogP contribution is -1.38. The molecule has 0 aromatic heterocycles. The van der Waals surface area contributed by atoms with Crippen molar-refractivity contribution < 1.29 is 14.4 Å². The van der Waals surface area contributed by atoms with Crippen molar-refractivity contribution in [1.82, 2.24) is 6.15 Å². The highest BCUT2D eigenvalue weighted by Gasteiger charge is 1.61. The second-order valence-electron chi connectivity index (χ2n) is 0.283. The first kappa shape index (κ1) is 15.8. The lowest BCUT2D eigenvalue weighted by atomic mass is 14.0. The van der Waals surface area contributed by atoms with E-state index in [9.17, 15) is 0 Å². The van der Waals surface area contributed by atoms with Gasteiger partial charge in [0.05, 0.1) is 0 Å². The smallest absolute Gasteiger partial charge is 0.316 e. The zero-order valence-corrected chi connectivity index (χ0v) is 3.51. The molecule has 5 N–H and O–H groups in total. The summed E-state index contributed by atoms with van der Waals surface area (Å²) in [5.41, 5.74) is 0. The summed E-state index contributed by atoms with van der Waals surface area (Å²) in [6.45, 7) is 0. The van der Waals surface area contributed by atoms with Gasteiger partial charge in [0, 0.05) is 0 Å². The van der Waals surface area contributed by atoms with Crippen LogP contribution < -0.4 is 6.15 Å². The molecule has 0 aromatic rings. The van der Waals surface area contributed by atoms with Gasteiger partial charge in [-0.05, 0) is 0 Å². The van der Waals surface area contributed by atoms with Crippen molar-refractivity contribution in [2.75, 3.05) is 0 Å². The van der Waals surface area contributed by atoms with Crippen molar-refractivity contribution in [3.63, 3.8) is 0 Å². The standard InChI is InChI=1S/Mg.H3N.H3O3P.2H/c;;1-4(2)3;;/h;1H3;4H,(H2,1,2,3);;. The molecule has 0 aromatic carbocycles. The summed E-state index contributed by atoms with van der Waals surface area (Å²) < 4.78 is 8.74. The van der Waals surface area contributed by atoms with Gasteiger partial charge in [-0.25, -0.2) is 0 Å².